The number of hydrogen-bond donors (Lipinski definition) is 1. The van der Waals surface area contributed by atoms with Crippen LogP contribution in [0, 0.1) is 12.3 Å². The molecule has 128 valence electrons. The van der Waals surface area contributed by atoms with E-state index in [1.165, 1.54) is 6.07 Å². The van der Waals surface area contributed by atoms with Gasteiger partial charge in [0.15, 0.2) is 14.9 Å². The van der Waals surface area contributed by atoms with Crippen LogP contribution < -0.4 is 0 Å². The van der Waals surface area contributed by atoms with E-state index in [4.69, 9.17) is 4.74 Å². The lowest BCUT2D eigenvalue weighted by atomic mass is 9.71. The maximum atomic E-state index is 11.7. The molecule has 0 radical (unpaired) electrons. The highest BCUT2D eigenvalue weighted by Gasteiger charge is 2.37. The van der Waals surface area contributed by atoms with Crippen molar-refractivity contribution in [3.8, 4) is 0 Å². The van der Waals surface area contributed by atoms with Gasteiger partial charge >= 0.3 is 0 Å². The Balaban J connectivity index is 2.17. The van der Waals surface area contributed by atoms with Gasteiger partial charge in [-0.2, -0.15) is 0 Å². The third-order valence-corrected chi connectivity index (χ3v) is 5.40. The molecule has 1 aliphatic carbocycles. The van der Waals surface area contributed by atoms with Gasteiger partial charge in [0.05, 0.1) is 13.2 Å². The first-order valence-electron chi connectivity index (χ1n) is 7.51. The van der Waals surface area contributed by atoms with Crippen LogP contribution in [0.15, 0.2) is 11.1 Å². The topological polar surface area (TPSA) is 106 Å². The van der Waals surface area contributed by atoms with Gasteiger partial charge < -0.3 is 9.84 Å². The van der Waals surface area contributed by atoms with Gasteiger partial charge in [0.1, 0.15) is 5.82 Å². The molecule has 0 atom stereocenters. The Morgan fingerprint density at radius 3 is 2.57 bits per heavy atom. The quantitative estimate of drug-likeness (QED) is 0.607. The Hall–Kier alpha value is -1.54. The highest BCUT2D eigenvalue weighted by atomic mass is 32.2. The number of nitrogens with zero attached hydrogens (tertiary/aromatic N) is 2. The Kier molecular flexibility index (Phi) is 5.36. The fraction of sp³-hybridized carbons (Fsp3) is 0.667. The van der Waals surface area contributed by atoms with E-state index in [0.717, 1.165) is 19.1 Å². The van der Waals surface area contributed by atoms with Crippen LogP contribution in [0.25, 0.3) is 0 Å². The molecule has 0 saturated heterocycles. The largest absolute Gasteiger partial charge is 0.467 e. The summed E-state index contributed by atoms with van der Waals surface area (Å²) in [6.45, 7) is 2.30. The van der Waals surface area contributed by atoms with Gasteiger partial charge in [-0.15, -0.1) is 0 Å². The summed E-state index contributed by atoms with van der Waals surface area (Å²) in [4.78, 5) is 19.0. The van der Waals surface area contributed by atoms with Crippen molar-refractivity contribution in [3.05, 3.63) is 17.6 Å². The minimum atomic E-state index is -3.38. The SMILES string of the molecule is Cc1cc(S(C)(=O)=O)nc(C2CCC(CO)(COC=O)CC2)n1. The molecule has 0 spiro atoms. The third-order valence-electron chi connectivity index (χ3n) is 4.43. The van der Waals surface area contributed by atoms with Gasteiger partial charge in [-0.1, -0.05) is 0 Å². The van der Waals surface area contributed by atoms with Gasteiger partial charge in [0.2, 0.25) is 0 Å². The molecule has 1 saturated carbocycles. The third kappa shape index (κ3) is 4.26. The first-order chi connectivity index (χ1) is 10.8. The molecule has 7 nitrogen and oxygen atoms in total. The first-order valence-corrected chi connectivity index (χ1v) is 9.40. The van der Waals surface area contributed by atoms with Gasteiger partial charge in [-0.05, 0) is 38.7 Å². The first kappa shape index (κ1) is 17.8. The van der Waals surface area contributed by atoms with E-state index >= 15 is 0 Å². The highest BCUT2D eigenvalue weighted by Crippen LogP contribution is 2.42. The van der Waals surface area contributed by atoms with Crippen LogP contribution in [0.3, 0.4) is 0 Å². The summed E-state index contributed by atoms with van der Waals surface area (Å²) in [6, 6.07) is 1.47. The zero-order valence-electron chi connectivity index (χ0n) is 13.4. The number of hydrogen-bond acceptors (Lipinski definition) is 7. The molecule has 2 rings (SSSR count). The van der Waals surface area contributed by atoms with E-state index in [1.807, 2.05) is 0 Å². The van der Waals surface area contributed by atoms with Crippen LogP contribution in [0.5, 0.6) is 0 Å². The monoisotopic (exact) mass is 342 g/mol. The van der Waals surface area contributed by atoms with Crippen LogP contribution in [0.4, 0.5) is 0 Å². The second-order valence-electron chi connectivity index (χ2n) is 6.32. The Morgan fingerprint density at radius 1 is 1.39 bits per heavy atom. The van der Waals surface area contributed by atoms with Crippen molar-refractivity contribution in [2.24, 2.45) is 5.41 Å². The summed E-state index contributed by atoms with van der Waals surface area (Å²) >= 11 is 0. The smallest absolute Gasteiger partial charge is 0.293 e. The molecule has 1 N–H and O–H groups in total. The van der Waals surface area contributed by atoms with Crippen molar-refractivity contribution in [2.45, 2.75) is 43.6 Å². The number of aryl methyl sites for hydroxylation is 1. The number of carbonyl (C=O) groups is 1. The molecule has 0 aromatic carbocycles. The van der Waals surface area contributed by atoms with E-state index < -0.39 is 15.3 Å². The molecule has 0 bridgehead atoms. The molecule has 8 heteroatoms. The second-order valence-corrected chi connectivity index (χ2v) is 8.28. The number of aliphatic hydroxyl groups excluding tert-OH is 1. The minimum absolute atomic E-state index is 0.0447. The molecular formula is C15H22N2O5S. The molecule has 23 heavy (non-hydrogen) atoms. The molecule has 1 heterocycles. The van der Waals surface area contributed by atoms with Crippen molar-refractivity contribution in [2.75, 3.05) is 19.5 Å². The second kappa shape index (κ2) is 6.92. The van der Waals surface area contributed by atoms with Gasteiger partial charge in [0.25, 0.3) is 6.47 Å². The predicted molar refractivity (Wildman–Crippen MR) is 82.6 cm³/mol. The van der Waals surface area contributed by atoms with Gasteiger partial charge in [0, 0.05) is 23.3 Å². The average Bonchev–Trinajstić information content (AvgIpc) is 2.52. The number of rotatable bonds is 6. The molecule has 1 fully saturated rings. The molecule has 0 aliphatic heterocycles. The number of carbonyl (C=O) groups excluding carboxylic acids is 1. The zero-order valence-corrected chi connectivity index (χ0v) is 14.2. The van der Waals surface area contributed by atoms with Gasteiger partial charge in [-0.3, -0.25) is 4.79 Å². The maximum absolute atomic E-state index is 11.7. The lowest BCUT2D eigenvalue weighted by Gasteiger charge is -2.37. The summed E-state index contributed by atoms with van der Waals surface area (Å²) in [7, 11) is -3.38. The Labute approximate surface area is 136 Å². The van der Waals surface area contributed by atoms with E-state index in [1.54, 1.807) is 6.92 Å². The lowest BCUT2D eigenvalue weighted by Crippen LogP contribution is -2.35. The predicted octanol–water partition coefficient (Wildman–Crippen LogP) is 0.998. The molecule has 1 aliphatic rings. The fourth-order valence-corrected chi connectivity index (χ4v) is 3.63. The summed E-state index contributed by atoms with van der Waals surface area (Å²) in [5.41, 5.74) is 0.208. The zero-order chi connectivity index (χ0) is 17.1. The van der Waals surface area contributed by atoms with E-state index in [-0.39, 0.29) is 24.2 Å². The summed E-state index contributed by atoms with van der Waals surface area (Å²) in [6.07, 6.45) is 3.92. The summed E-state index contributed by atoms with van der Waals surface area (Å²) < 4.78 is 28.3. The highest BCUT2D eigenvalue weighted by molar-refractivity contribution is 7.90. The Morgan fingerprint density at radius 2 is 2.04 bits per heavy atom. The summed E-state index contributed by atoms with van der Waals surface area (Å²) in [5, 5.41) is 9.66. The number of aromatic nitrogens is 2. The molecule has 1 aromatic heterocycles. The maximum Gasteiger partial charge on any atom is 0.293 e. The Bertz CT molecular complexity index is 666. The van der Waals surface area contributed by atoms with Crippen molar-refractivity contribution >= 4 is 16.3 Å². The van der Waals surface area contributed by atoms with Crippen LogP contribution in [0.2, 0.25) is 0 Å². The van der Waals surface area contributed by atoms with E-state index in [9.17, 15) is 18.3 Å². The lowest BCUT2D eigenvalue weighted by molar-refractivity contribution is -0.134. The normalized spacial score (nSPS) is 25.1. The average molecular weight is 342 g/mol. The van der Waals surface area contributed by atoms with Crippen molar-refractivity contribution in [1.82, 2.24) is 9.97 Å². The van der Waals surface area contributed by atoms with Crippen LogP contribution in [-0.2, 0) is 19.4 Å². The standard InChI is InChI=1S/C15H22N2O5S/c1-11-7-13(23(2,20)21)17-14(16-11)12-3-5-15(8-18,6-4-12)9-22-10-19/h7,10,12,18H,3-6,8-9H2,1-2H3. The van der Waals surface area contributed by atoms with Crippen molar-refractivity contribution in [1.29, 1.82) is 0 Å². The number of sulfone groups is 1. The fourth-order valence-electron chi connectivity index (χ4n) is 2.98. The number of aliphatic hydroxyl groups is 1. The minimum Gasteiger partial charge on any atom is -0.467 e. The molecule has 0 amide bonds. The van der Waals surface area contributed by atoms with Crippen LogP contribution in [-0.4, -0.2) is 49.4 Å². The van der Waals surface area contributed by atoms with Gasteiger partial charge in [-0.25, -0.2) is 18.4 Å². The van der Waals surface area contributed by atoms with E-state index in [2.05, 4.69) is 9.97 Å². The molecular weight excluding hydrogens is 320 g/mol. The van der Waals surface area contributed by atoms with Crippen LogP contribution in [0.1, 0.15) is 43.1 Å². The summed E-state index contributed by atoms with van der Waals surface area (Å²) in [5.74, 6) is 0.583. The van der Waals surface area contributed by atoms with Crippen molar-refractivity contribution in [3.63, 3.8) is 0 Å². The molecule has 1 aromatic rings. The van der Waals surface area contributed by atoms with E-state index in [0.29, 0.717) is 30.8 Å². The van der Waals surface area contributed by atoms with Crippen molar-refractivity contribution < 1.29 is 23.1 Å². The molecule has 0 unspecified atom stereocenters. The number of ether oxygens (including phenoxy) is 1. The van der Waals surface area contributed by atoms with Crippen LogP contribution >= 0.6 is 0 Å².